The monoisotopic (exact) mass is 280 g/mol. The lowest BCUT2D eigenvalue weighted by molar-refractivity contribution is -0.156. The number of hydrogen-bond acceptors (Lipinski definition) is 6. The van der Waals surface area contributed by atoms with Crippen LogP contribution in [0.15, 0.2) is 18.3 Å². The Balaban J connectivity index is 2.07. The molecule has 7 heteroatoms. The van der Waals surface area contributed by atoms with Gasteiger partial charge in [-0.25, -0.2) is 14.6 Å². The zero-order valence-electron chi connectivity index (χ0n) is 11.3. The Morgan fingerprint density at radius 1 is 1.45 bits per heavy atom. The molecule has 0 radical (unpaired) electrons. The van der Waals surface area contributed by atoms with Crippen molar-refractivity contribution in [3.8, 4) is 0 Å². The quantitative estimate of drug-likeness (QED) is 0.781. The van der Waals surface area contributed by atoms with E-state index in [0.29, 0.717) is 18.9 Å². The van der Waals surface area contributed by atoms with E-state index in [1.54, 1.807) is 12.3 Å². The third-order valence-electron chi connectivity index (χ3n) is 3.34. The van der Waals surface area contributed by atoms with Crippen LogP contribution in [0.3, 0.4) is 0 Å². The van der Waals surface area contributed by atoms with Gasteiger partial charge in [0.2, 0.25) is 0 Å². The number of methoxy groups -OCH3 is 2. The number of nitrogens with zero attached hydrogens (tertiary/aromatic N) is 2. The maximum Gasteiger partial charge on any atom is 0.339 e. The number of carboxylic acid groups (broad SMARTS) is 1. The summed E-state index contributed by atoms with van der Waals surface area (Å²) in [4.78, 5) is 28.6. The SMILES string of the molecule is COC(=O)C(OC)C1CN(c2ncccc2C(=O)O)C1. The molecule has 7 nitrogen and oxygen atoms in total. The van der Waals surface area contributed by atoms with Gasteiger partial charge in [-0.3, -0.25) is 0 Å². The van der Waals surface area contributed by atoms with E-state index in [0.717, 1.165) is 0 Å². The number of rotatable bonds is 5. The van der Waals surface area contributed by atoms with E-state index in [1.807, 2.05) is 4.90 Å². The minimum Gasteiger partial charge on any atom is -0.478 e. The van der Waals surface area contributed by atoms with Crippen molar-refractivity contribution >= 4 is 17.8 Å². The summed E-state index contributed by atoms with van der Waals surface area (Å²) in [6.07, 6.45) is 0.914. The Morgan fingerprint density at radius 3 is 2.70 bits per heavy atom. The van der Waals surface area contributed by atoms with Crippen LogP contribution in [0.1, 0.15) is 10.4 Å². The van der Waals surface area contributed by atoms with E-state index in [1.165, 1.54) is 20.3 Å². The fourth-order valence-corrected chi connectivity index (χ4v) is 2.29. The van der Waals surface area contributed by atoms with Crippen LogP contribution in [0.25, 0.3) is 0 Å². The largest absolute Gasteiger partial charge is 0.478 e. The van der Waals surface area contributed by atoms with Gasteiger partial charge in [-0.15, -0.1) is 0 Å². The molecule has 1 aromatic rings. The molecular formula is C13H16N2O5. The maximum atomic E-state index is 11.5. The topological polar surface area (TPSA) is 89.0 Å². The molecule has 1 aliphatic heterocycles. The van der Waals surface area contributed by atoms with Crippen LogP contribution in [-0.4, -0.2) is 55.4 Å². The highest BCUT2D eigenvalue weighted by Gasteiger charge is 2.40. The summed E-state index contributed by atoms with van der Waals surface area (Å²) >= 11 is 0. The van der Waals surface area contributed by atoms with E-state index in [9.17, 15) is 9.59 Å². The van der Waals surface area contributed by atoms with Crippen molar-refractivity contribution in [1.82, 2.24) is 4.98 Å². The second kappa shape index (κ2) is 5.87. The minimum absolute atomic E-state index is 0.0314. The van der Waals surface area contributed by atoms with Crippen molar-refractivity contribution in [1.29, 1.82) is 0 Å². The highest BCUT2D eigenvalue weighted by atomic mass is 16.6. The second-order valence-corrected chi connectivity index (χ2v) is 4.52. The predicted octanol–water partition coefficient (Wildman–Crippen LogP) is 0.404. The first kappa shape index (κ1) is 14.3. The van der Waals surface area contributed by atoms with Crippen molar-refractivity contribution in [3.05, 3.63) is 23.9 Å². The molecule has 0 amide bonds. The number of hydrogen-bond donors (Lipinski definition) is 1. The molecule has 0 saturated carbocycles. The third-order valence-corrected chi connectivity index (χ3v) is 3.34. The third kappa shape index (κ3) is 2.57. The molecule has 0 bridgehead atoms. The number of aromatic nitrogens is 1. The van der Waals surface area contributed by atoms with Gasteiger partial charge >= 0.3 is 11.9 Å². The summed E-state index contributed by atoms with van der Waals surface area (Å²) in [5.74, 6) is -1.06. The lowest BCUT2D eigenvalue weighted by atomic mass is 9.93. The molecule has 0 aromatic carbocycles. The fourth-order valence-electron chi connectivity index (χ4n) is 2.29. The smallest absolute Gasteiger partial charge is 0.339 e. The van der Waals surface area contributed by atoms with E-state index in [4.69, 9.17) is 9.84 Å². The normalized spacial score (nSPS) is 16.4. The van der Waals surface area contributed by atoms with E-state index in [2.05, 4.69) is 9.72 Å². The zero-order valence-corrected chi connectivity index (χ0v) is 11.3. The van der Waals surface area contributed by atoms with Crippen molar-refractivity contribution in [3.63, 3.8) is 0 Å². The standard InChI is InChI=1S/C13H16N2O5/c1-19-10(13(18)20-2)8-6-15(7-8)11-9(12(16)17)4-3-5-14-11/h3-5,8,10H,6-7H2,1-2H3,(H,16,17). The first-order valence-electron chi connectivity index (χ1n) is 6.12. The summed E-state index contributed by atoms with van der Waals surface area (Å²) in [6, 6.07) is 3.09. The van der Waals surface area contributed by atoms with Crippen molar-refractivity contribution in [2.75, 3.05) is 32.2 Å². The average molecular weight is 280 g/mol. The van der Waals surface area contributed by atoms with Crippen LogP contribution in [-0.2, 0) is 14.3 Å². The molecule has 1 aromatic heterocycles. The molecule has 2 rings (SSSR count). The molecule has 1 fully saturated rings. The van der Waals surface area contributed by atoms with Gasteiger partial charge in [-0.1, -0.05) is 0 Å². The second-order valence-electron chi connectivity index (χ2n) is 4.52. The van der Waals surface area contributed by atoms with Crippen LogP contribution in [0, 0.1) is 5.92 Å². The summed E-state index contributed by atoms with van der Waals surface area (Å²) in [7, 11) is 2.76. The Morgan fingerprint density at radius 2 is 2.15 bits per heavy atom. The number of ether oxygens (including phenoxy) is 2. The Kier molecular flexibility index (Phi) is 4.19. The first-order valence-corrected chi connectivity index (χ1v) is 6.12. The van der Waals surface area contributed by atoms with Gasteiger partial charge in [0.1, 0.15) is 11.4 Å². The van der Waals surface area contributed by atoms with E-state index >= 15 is 0 Å². The van der Waals surface area contributed by atoms with Gasteiger partial charge < -0.3 is 19.5 Å². The maximum absolute atomic E-state index is 11.5. The number of carbonyl (C=O) groups is 2. The van der Waals surface area contributed by atoms with Gasteiger partial charge in [0.05, 0.1) is 7.11 Å². The molecule has 1 saturated heterocycles. The van der Waals surface area contributed by atoms with Crippen molar-refractivity contribution in [2.45, 2.75) is 6.10 Å². The number of carbonyl (C=O) groups excluding carboxylic acids is 1. The molecule has 0 spiro atoms. The summed E-state index contributed by atoms with van der Waals surface area (Å²) in [6.45, 7) is 1.01. The predicted molar refractivity (Wildman–Crippen MR) is 69.7 cm³/mol. The Labute approximate surface area is 116 Å². The molecule has 1 unspecified atom stereocenters. The fraction of sp³-hybridized carbons (Fsp3) is 0.462. The molecule has 2 heterocycles. The van der Waals surface area contributed by atoms with Gasteiger partial charge in [0.25, 0.3) is 0 Å². The van der Waals surface area contributed by atoms with Crippen LogP contribution in [0.4, 0.5) is 5.82 Å². The molecule has 1 aliphatic rings. The van der Waals surface area contributed by atoms with Crippen molar-refractivity contribution in [2.24, 2.45) is 5.92 Å². The van der Waals surface area contributed by atoms with Crippen LogP contribution in [0.5, 0.6) is 0 Å². The van der Waals surface area contributed by atoms with Gasteiger partial charge in [0, 0.05) is 32.3 Å². The summed E-state index contributed by atoms with van der Waals surface area (Å²) < 4.78 is 9.80. The van der Waals surface area contributed by atoms with Crippen LogP contribution < -0.4 is 4.90 Å². The highest BCUT2D eigenvalue weighted by molar-refractivity contribution is 5.93. The molecule has 108 valence electrons. The highest BCUT2D eigenvalue weighted by Crippen LogP contribution is 2.29. The number of carboxylic acids is 1. The lowest BCUT2D eigenvalue weighted by Crippen LogP contribution is -2.55. The zero-order chi connectivity index (χ0) is 14.7. The summed E-state index contributed by atoms with van der Waals surface area (Å²) in [5.41, 5.74) is 0.151. The number of anilines is 1. The van der Waals surface area contributed by atoms with Crippen molar-refractivity contribution < 1.29 is 24.2 Å². The number of pyridine rings is 1. The Hall–Kier alpha value is -2.15. The molecule has 1 atom stereocenters. The minimum atomic E-state index is -1.02. The number of esters is 1. The van der Waals surface area contributed by atoms with Crippen LogP contribution >= 0.6 is 0 Å². The molecular weight excluding hydrogens is 264 g/mol. The lowest BCUT2D eigenvalue weighted by Gasteiger charge is -2.42. The van der Waals surface area contributed by atoms with Gasteiger partial charge in [-0.2, -0.15) is 0 Å². The average Bonchev–Trinajstić information content (AvgIpc) is 2.41. The van der Waals surface area contributed by atoms with Crippen LogP contribution in [0.2, 0.25) is 0 Å². The van der Waals surface area contributed by atoms with E-state index < -0.39 is 18.0 Å². The molecule has 0 aliphatic carbocycles. The van der Waals surface area contributed by atoms with Gasteiger partial charge in [-0.05, 0) is 12.1 Å². The van der Waals surface area contributed by atoms with E-state index in [-0.39, 0.29) is 11.5 Å². The Bertz CT molecular complexity index is 513. The summed E-state index contributed by atoms with van der Waals surface area (Å²) in [5, 5.41) is 9.12. The molecule has 1 N–H and O–H groups in total. The van der Waals surface area contributed by atoms with Gasteiger partial charge in [0.15, 0.2) is 6.10 Å². The molecule has 20 heavy (non-hydrogen) atoms. The number of aromatic carboxylic acids is 1. The first-order chi connectivity index (χ1) is 9.58.